The average molecular weight is 474 g/mol. The Bertz CT molecular complexity index is 1210. The number of amides is 1. The molecule has 4 rings (SSSR count). The number of halogens is 1. The minimum absolute atomic E-state index is 0.0104. The number of rotatable bonds is 5. The van der Waals surface area contributed by atoms with Gasteiger partial charge in [0.2, 0.25) is 0 Å². The van der Waals surface area contributed by atoms with Crippen LogP contribution in [0.1, 0.15) is 28.4 Å². The van der Waals surface area contributed by atoms with Gasteiger partial charge < -0.3 is 4.74 Å². The van der Waals surface area contributed by atoms with Crippen LogP contribution in [0.2, 0.25) is 0 Å². The predicted octanol–water partition coefficient (Wildman–Crippen LogP) is 6.13. The molecule has 0 fully saturated rings. The third-order valence-electron chi connectivity index (χ3n) is 5.08. The maximum atomic E-state index is 13.4. The van der Waals surface area contributed by atoms with E-state index in [4.69, 9.17) is 4.74 Å². The second-order valence-corrected chi connectivity index (χ2v) is 7.99. The van der Waals surface area contributed by atoms with E-state index in [1.54, 1.807) is 36.3 Å². The molecule has 4 nitrogen and oxygen atoms in total. The molecule has 1 amide bonds. The van der Waals surface area contributed by atoms with Crippen molar-refractivity contribution in [3.63, 3.8) is 0 Å². The van der Waals surface area contributed by atoms with E-state index in [1.165, 1.54) is 6.92 Å². The van der Waals surface area contributed by atoms with Crippen molar-refractivity contribution in [3.8, 4) is 5.75 Å². The quantitative estimate of drug-likeness (QED) is 0.330. The van der Waals surface area contributed by atoms with Crippen molar-refractivity contribution >= 4 is 45.1 Å². The van der Waals surface area contributed by atoms with Crippen LogP contribution in [0.3, 0.4) is 0 Å². The summed E-state index contributed by atoms with van der Waals surface area (Å²) < 4.78 is 6.11. The minimum atomic E-state index is -0.124. The zero-order valence-corrected chi connectivity index (χ0v) is 18.7. The molecule has 0 spiro atoms. The highest BCUT2D eigenvalue weighted by Crippen LogP contribution is 2.36. The van der Waals surface area contributed by atoms with Gasteiger partial charge >= 0.3 is 0 Å². The Hall–Kier alpha value is -3.44. The van der Waals surface area contributed by atoms with Crippen LogP contribution < -0.4 is 9.64 Å². The first-order chi connectivity index (χ1) is 15.0. The van der Waals surface area contributed by atoms with Crippen LogP contribution in [0.4, 0.5) is 5.69 Å². The zero-order chi connectivity index (χ0) is 22.0. The number of methoxy groups -OCH3 is 1. The van der Waals surface area contributed by atoms with Crippen molar-refractivity contribution in [3.05, 3.63) is 106 Å². The van der Waals surface area contributed by atoms with Crippen molar-refractivity contribution in [2.45, 2.75) is 6.92 Å². The van der Waals surface area contributed by atoms with E-state index in [9.17, 15) is 9.59 Å². The number of benzene rings is 3. The molecule has 0 radical (unpaired) electrons. The van der Waals surface area contributed by atoms with E-state index in [1.807, 2.05) is 60.7 Å². The monoisotopic (exact) mass is 473 g/mol. The maximum Gasteiger partial charge on any atom is 0.262 e. The number of hydrogen-bond acceptors (Lipinski definition) is 3. The number of carbonyl (C=O) groups excluding carboxylic acids is 2. The Labute approximate surface area is 189 Å². The van der Waals surface area contributed by atoms with Crippen LogP contribution in [-0.2, 0) is 4.79 Å². The van der Waals surface area contributed by atoms with Crippen molar-refractivity contribution in [2.24, 2.45) is 0 Å². The normalized spacial score (nSPS) is 14.7. The molecule has 0 unspecified atom stereocenters. The molecule has 0 aromatic heterocycles. The van der Waals surface area contributed by atoms with E-state index in [0.717, 1.165) is 27.0 Å². The van der Waals surface area contributed by atoms with Gasteiger partial charge in [0.1, 0.15) is 5.75 Å². The lowest BCUT2D eigenvalue weighted by atomic mass is 10.1. The summed E-state index contributed by atoms with van der Waals surface area (Å²) in [5, 5.41) is 0. The van der Waals surface area contributed by atoms with Crippen molar-refractivity contribution in [1.82, 2.24) is 0 Å². The standard InChI is InChI=1S/C26H20BrNO3/c1-17(29)19-9-11-22(12-10-19)28-24(20-6-4-3-5-7-20)16-21(26(28)30)14-18-8-13-25(31-2)23(27)15-18/h3-16H,1-2H3/b21-14+. The number of nitrogens with zero attached hydrogens (tertiary/aromatic N) is 1. The smallest absolute Gasteiger partial charge is 0.262 e. The van der Waals surface area contributed by atoms with E-state index in [0.29, 0.717) is 16.8 Å². The number of ether oxygens (including phenoxy) is 1. The summed E-state index contributed by atoms with van der Waals surface area (Å²) in [5.74, 6) is 0.595. The summed E-state index contributed by atoms with van der Waals surface area (Å²) in [5.41, 5.74) is 4.51. The Balaban J connectivity index is 1.78. The lowest BCUT2D eigenvalue weighted by molar-refractivity contribution is -0.113. The Morgan fingerprint density at radius 3 is 2.32 bits per heavy atom. The maximum absolute atomic E-state index is 13.4. The third kappa shape index (κ3) is 4.23. The summed E-state index contributed by atoms with van der Waals surface area (Å²) in [4.78, 5) is 26.8. The second-order valence-electron chi connectivity index (χ2n) is 7.13. The molecule has 31 heavy (non-hydrogen) atoms. The van der Waals surface area contributed by atoms with Gasteiger partial charge in [-0.25, -0.2) is 0 Å². The summed E-state index contributed by atoms with van der Waals surface area (Å²) in [6.45, 7) is 1.53. The number of ketones is 1. The van der Waals surface area contributed by atoms with Crippen molar-refractivity contribution < 1.29 is 14.3 Å². The molecular weight excluding hydrogens is 454 g/mol. The first kappa shape index (κ1) is 20.8. The van der Waals surface area contributed by atoms with Crippen LogP contribution in [-0.4, -0.2) is 18.8 Å². The fourth-order valence-corrected chi connectivity index (χ4v) is 4.05. The Morgan fingerprint density at radius 2 is 1.71 bits per heavy atom. The molecule has 1 aliphatic heterocycles. The first-order valence-corrected chi connectivity index (χ1v) is 10.5. The highest BCUT2D eigenvalue weighted by atomic mass is 79.9. The molecule has 0 saturated heterocycles. The molecule has 154 valence electrons. The molecule has 5 heteroatoms. The molecule has 0 atom stereocenters. The van der Waals surface area contributed by atoms with Gasteiger partial charge in [-0.2, -0.15) is 0 Å². The second kappa shape index (κ2) is 8.74. The van der Waals surface area contributed by atoms with Gasteiger partial charge in [-0.1, -0.05) is 36.4 Å². The van der Waals surface area contributed by atoms with E-state index < -0.39 is 0 Å². The molecule has 3 aromatic carbocycles. The number of anilines is 1. The topological polar surface area (TPSA) is 46.6 Å². The molecule has 0 bridgehead atoms. The molecule has 0 N–H and O–H groups in total. The number of hydrogen-bond donors (Lipinski definition) is 0. The van der Waals surface area contributed by atoms with Crippen LogP contribution >= 0.6 is 15.9 Å². The molecule has 0 saturated carbocycles. The Kier molecular flexibility index (Phi) is 5.87. The molecule has 3 aromatic rings. The van der Waals surface area contributed by atoms with Crippen LogP contribution in [0, 0.1) is 0 Å². The predicted molar refractivity (Wildman–Crippen MR) is 127 cm³/mol. The van der Waals surface area contributed by atoms with Gasteiger partial charge in [-0.3, -0.25) is 14.5 Å². The van der Waals surface area contributed by atoms with Gasteiger partial charge in [-0.15, -0.1) is 0 Å². The van der Waals surface area contributed by atoms with Gasteiger partial charge in [0.05, 0.1) is 17.3 Å². The van der Waals surface area contributed by atoms with Gasteiger partial charge in [0.15, 0.2) is 5.78 Å². The van der Waals surface area contributed by atoms with E-state index in [-0.39, 0.29) is 11.7 Å². The summed E-state index contributed by atoms with van der Waals surface area (Å²) in [6, 6.07) is 22.6. The molecular formula is C26H20BrNO3. The SMILES string of the molecule is COc1ccc(/C=C2\C=C(c3ccccc3)N(c3ccc(C(C)=O)cc3)C2=O)cc1Br. The lowest BCUT2D eigenvalue weighted by Crippen LogP contribution is -2.25. The van der Waals surface area contributed by atoms with Gasteiger partial charge in [0, 0.05) is 16.8 Å². The van der Waals surface area contributed by atoms with Gasteiger partial charge in [-0.05, 0) is 82.5 Å². The minimum Gasteiger partial charge on any atom is -0.496 e. The van der Waals surface area contributed by atoms with Crippen LogP contribution in [0.5, 0.6) is 5.75 Å². The molecule has 1 aliphatic rings. The van der Waals surface area contributed by atoms with Gasteiger partial charge in [0.25, 0.3) is 5.91 Å². The van der Waals surface area contributed by atoms with Crippen molar-refractivity contribution in [2.75, 3.05) is 12.0 Å². The first-order valence-electron chi connectivity index (χ1n) is 9.76. The highest BCUT2D eigenvalue weighted by molar-refractivity contribution is 9.10. The fourth-order valence-electron chi connectivity index (χ4n) is 3.49. The number of carbonyl (C=O) groups is 2. The van der Waals surface area contributed by atoms with Crippen LogP contribution in [0.25, 0.3) is 11.8 Å². The summed E-state index contributed by atoms with van der Waals surface area (Å²) in [6.07, 6.45) is 3.76. The Morgan fingerprint density at radius 1 is 1.00 bits per heavy atom. The molecule has 0 aliphatic carbocycles. The third-order valence-corrected chi connectivity index (χ3v) is 5.70. The number of Topliss-reactive ketones (excluding diaryl/α,β-unsaturated/α-hetero) is 1. The summed E-state index contributed by atoms with van der Waals surface area (Å²) in [7, 11) is 1.61. The van der Waals surface area contributed by atoms with E-state index in [2.05, 4.69) is 15.9 Å². The van der Waals surface area contributed by atoms with Crippen LogP contribution in [0.15, 0.2) is 88.9 Å². The van der Waals surface area contributed by atoms with E-state index >= 15 is 0 Å². The highest BCUT2D eigenvalue weighted by Gasteiger charge is 2.30. The fraction of sp³-hybridized carbons (Fsp3) is 0.0769. The average Bonchev–Trinajstić information content (AvgIpc) is 3.10. The van der Waals surface area contributed by atoms with Crippen molar-refractivity contribution in [1.29, 1.82) is 0 Å². The molecule has 1 heterocycles. The zero-order valence-electron chi connectivity index (χ0n) is 17.1. The lowest BCUT2D eigenvalue weighted by Gasteiger charge is -2.21. The summed E-state index contributed by atoms with van der Waals surface area (Å²) >= 11 is 3.49. The largest absolute Gasteiger partial charge is 0.496 e.